The molecule has 0 radical (unpaired) electrons. The molecule has 0 saturated heterocycles. The van der Waals surface area contributed by atoms with Crippen molar-refractivity contribution in [2.75, 3.05) is 5.32 Å². The van der Waals surface area contributed by atoms with Gasteiger partial charge < -0.3 is 5.32 Å². The lowest BCUT2D eigenvalue weighted by molar-refractivity contribution is 0.787. The topological polar surface area (TPSA) is 79.4 Å². The lowest BCUT2D eigenvalue weighted by Gasteiger charge is -2.13. The highest BCUT2D eigenvalue weighted by molar-refractivity contribution is 6.28. The van der Waals surface area contributed by atoms with Gasteiger partial charge in [0.1, 0.15) is 18.0 Å². The molecule has 2 N–H and O–H groups in total. The van der Waals surface area contributed by atoms with Crippen LogP contribution in [0.2, 0.25) is 5.28 Å². The van der Waals surface area contributed by atoms with Crippen molar-refractivity contribution in [2.45, 2.75) is 19.9 Å². The molecule has 2 heterocycles. The van der Waals surface area contributed by atoms with Crippen molar-refractivity contribution < 1.29 is 0 Å². The van der Waals surface area contributed by atoms with Crippen LogP contribution in [-0.4, -0.2) is 25.1 Å². The fraction of sp³-hybridized carbons (Fsp3) is 0.333. The molecule has 0 aliphatic carbocycles. The van der Waals surface area contributed by atoms with Crippen LogP contribution in [0.3, 0.4) is 0 Å². The predicted octanol–water partition coefficient (Wildman–Crippen LogP) is 1.73. The van der Waals surface area contributed by atoms with E-state index in [2.05, 4.69) is 30.5 Å². The Morgan fingerprint density at radius 1 is 1.44 bits per heavy atom. The van der Waals surface area contributed by atoms with E-state index in [1.54, 1.807) is 6.20 Å². The molecule has 1 unspecified atom stereocenters. The summed E-state index contributed by atoms with van der Waals surface area (Å²) in [6.07, 6.45) is 3.14. The molecule has 16 heavy (non-hydrogen) atoms. The molecule has 0 aromatic carbocycles. The van der Waals surface area contributed by atoms with Crippen LogP contribution >= 0.6 is 11.6 Å². The number of H-pyrrole nitrogens is 1. The quantitative estimate of drug-likeness (QED) is 0.796. The third-order valence-corrected chi connectivity index (χ3v) is 2.32. The molecule has 0 spiro atoms. The second kappa shape index (κ2) is 4.44. The second-order valence-electron chi connectivity index (χ2n) is 3.41. The van der Waals surface area contributed by atoms with Gasteiger partial charge in [0.05, 0.1) is 6.04 Å². The molecule has 7 heteroatoms. The number of rotatable bonds is 3. The fourth-order valence-electron chi connectivity index (χ4n) is 1.26. The molecule has 2 rings (SSSR count). The van der Waals surface area contributed by atoms with Crippen molar-refractivity contribution in [3.8, 4) is 0 Å². The molecule has 0 bridgehead atoms. The molecular formula is C9H11ClN6. The SMILES string of the molecule is Cc1cnc(Cl)nc1NC(C)c1ncn[nH]1. The molecule has 2 aromatic rings. The maximum absolute atomic E-state index is 5.73. The van der Waals surface area contributed by atoms with Gasteiger partial charge in [-0.2, -0.15) is 5.10 Å². The first-order valence-corrected chi connectivity index (χ1v) is 5.15. The number of aryl methyl sites for hydroxylation is 1. The van der Waals surface area contributed by atoms with Crippen LogP contribution in [0.25, 0.3) is 0 Å². The standard InChI is InChI=1S/C9H11ClN6/c1-5-3-11-9(10)15-7(5)14-6(2)8-12-4-13-16-8/h3-4,6H,1-2H3,(H,11,14,15)(H,12,13,16). The minimum absolute atomic E-state index is 0.0211. The van der Waals surface area contributed by atoms with Gasteiger partial charge >= 0.3 is 0 Å². The van der Waals surface area contributed by atoms with E-state index in [1.807, 2.05) is 13.8 Å². The largest absolute Gasteiger partial charge is 0.360 e. The van der Waals surface area contributed by atoms with Crippen molar-refractivity contribution in [2.24, 2.45) is 0 Å². The van der Waals surface area contributed by atoms with E-state index in [0.717, 1.165) is 11.4 Å². The van der Waals surface area contributed by atoms with Crippen LogP contribution < -0.4 is 5.32 Å². The Morgan fingerprint density at radius 2 is 2.25 bits per heavy atom. The summed E-state index contributed by atoms with van der Waals surface area (Å²) in [6.45, 7) is 3.86. The third-order valence-electron chi connectivity index (χ3n) is 2.14. The van der Waals surface area contributed by atoms with Gasteiger partial charge in [-0.1, -0.05) is 0 Å². The van der Waals surface area contributed by atoms with Crippen molar-refractivity contribution in [1.82, 2.24) is 25.1 Å². The number of nitrogens with one attached hydrogen (secondary N) is 2. The van der Waals surface area contributed by atoms with Gasteiger partial charge in [0.25, 0.3) is 0 Å². The Labute approximate surface area is 97.5 Å². The number of halogens is 1. The van der Waals surface area contributed by atoms with Gasteiger partial charge in [0.15, 0.2) is 0 Å². The maximum Gasteiger partial charge on any atom is 0.224 e. The number of anilines is 1. The molecule has 0 aliphatic rings. The van der Waals surface area contributed by atoms with E-state index in [9.17, 15) is 0 Å². The number of nitrogens with zero attached hydrogens (tertiary/aromatic N) is 4. The predicted molar refractivity (Wildman–Crippen MR) is 60.2 cm³/mol. The molecule has 0 saturated carbocycles. The number of aromatic amines is 1. The lowest BCUT2D eigenvalue weighted by atomic mass is 10.3. The highest BCUT2D eigenvalue weighted by Crippen LogP contribution is 2.18. The second-order valence-corrected chi connectivity index (χ2v) is 3.75. The van der Waals surface area contributed by atoms with E-state index in [-0.39, 0.29) is 11.3 Å². The summed E-state index contributed by atoms with van der Waals surface area (Å²) in [5.41, 5.74) is 0.927. The molecule has 6 nitrogen and oxygen atoms in total. The van der Waals surface area contributed by atoms with Crippen LogP contribution in [0.5, 0.6) is 0 Å². The summed E-state index contributed by atoms with van der Waals surface area (Å²) >= 11 is 5.73. The van der Waals surface area contributed by atoms with Crippen LogP contribution in [-0.2, 0) is 0 Å². The molecular weight excluding hydrogens is 228 g/mol. The zero-order chi connectivity index (χ0) is 11.5. The zero-order valence-corrected chi connectivity index (χ0v) is 9.65. The first kappa shape index (κ1) is 10.8. The molecule has 0 fully saturated rings. The van der Waals surface area contributed by atoms with Crippen molar-refractivity contribution in [1.29, 1.82) is 0 Å². The van der Waals surface area contributed by atoms with E-state index in [4.69, 9.17) is 11.6 Å². The van der Waals surface area contributed by atoms with Crippen LogP contribution in [0.1, 0.15) is 24.4 Å². The third kappa shape index (κ3) is 2.27. The van der Waals surface area contributed by atoms with Gasteiger partial charge in [-0.3, -0.25) is 5.10 Å². The van der Waals surface area contributed by atoms with Crippen molar-refractivity contribution in [3.63, 3.8) is 0 Å². The van der Waals surface area contributed by atoms with Crippen LogP contribution in [0.15, 0.2) is 12.5 Å². The van der Waals surface area contributed by atoms with Gasteiger partial charge in [0.2, 0.25) is 5.28 Å². The van der Waals surface area contributed by atoms with Crippen LogP contribution in [0, 0.1) is 6.92 Å². The summed E-state index contributed by atoms with van der Waals surface area (Å²) in [4.78, 5) is 12.1. The van der Waals surface area contributed by atoms with E-state index in [1.165, 1.54) is 6.33 Å². The summed E-state index contributed by atoms with van der Waals surface area (Å²) in [6, 6.07) is -0.0211. The number of hydrogen-bond acceptors (Lipinski definition) is 5. The normalized spacial score (nSPS) is 12.4. The summed E-state index contributed by atoms with van der Waals surface area (Å²) in [5.74, 6) is 1.44. The molecule has 1 atom stereocenters. The van der Waals surface area contributed by atoms with Gasteiger partial charge in [-0.05, 0) is 25.4 Å². The zero-order valence-electron chi connectivity index (χ0n) is 8.90. The number of aromatic nitrogens is 5. The summed E-state index contributed by atoms with van der Waals surface area (Å²) < 4.78 is 0. The Kier molecular flexibility index (Phi) is 3.00. The average Bonchev–Trinajstić information content (AvgIpc) is 2.76. The maximum atomic E-state index is 5.73. The van der Waals surface area contributed by atoms with E-state index in [0.29, 0.717) is 5.82 Å². The van der Waals surface area contributed by atoms with E-state index >= 15 is 0 Å². The Bertz CT molecular complexity index is 469. The number of hydrogen-bond donors (Lipinski definition) is 2. The lowest BCUT2D eigenvalue weighted by Crippen LogP contribution is -2.11. The first-order valence-electron chi connectivity index (χ1n) is 4.77. The van der Waals surface area contributed by atoms with E-state index < -0.39 is 0 Å². The highest BCUT2D eigenvalue weighted by atomic mass is 35.5. The molecule has 2 aromatic heterocycles. The Balaban J connectivity index is 2.17. The summed E-state index contributed by atoms with van der Waals surface area (Å²) in [7, 11) is 0. The minimum Gasteiger partial charge on any atom is -0.360 e. The van der Waals surface area contributed by atoms with Gasteiger partial charge in [0, 0.05) is 11.8 Å². The highest BCUT2D eigenvalue weighted by Gasteiger charge is 2.10. The van der Waals surface area contributed by atoms with Gasteiger partial charge in [-0.15, -0.1) is 0 Å². The Hall–Kier alpha value is -1.69. The molecule has 0 aliphatic heterocycles. The smallest absolute Gasteiger partial charge is 0.224 e. The Morgan fingerprint density at radius 3 is 2.94 bits per heavy atom. The molecule has 84 valence electrons. The van der Waals surface area contributed by atoms with Crippen molar-refractivity contribution >= 4 is 17.4 Å². The molecule has 0 amide bonds. The fourth-order valence-corrected chi connectivity index (χ4v) is 1.40. The minimum atomic E-state index is -0.0211. The first-order chi connectivity index (χ1) is 7.66. The monoisotopic (exact) mass is 238 g/mol. The average molecular weight is 239 g/mol. The van der Waals surface area contributed by atoms with Gasteiger partial charge in [-0.25, -0.2) is 15.0 Å². The van der Waals surface area contributed by atoms with Crippen molar-refractivity contribution in [3.05, 3.63) is 29.2 Å². The summed E-state index contributed by atoms with van der Waals surface area (Å²) in [5, 5.41) is 9.99. The van der Waals surface area contributed by atoms with Crippen LogP contribution in [0.4, 0.5) is 5.82 Å².